The van der Waals surface area contributed by atoms with Gasteiger partial charge in [-0.25, -0.2) is 0 Å². The Kier molecular flexibility index (Phi) is 2.14. The Morgan fingerprint density at radius 2 is 2.57 bits per heavy atom. The largest absolute Gasteiger partial charge is 0.308 e. The lowest BCUT2D eigenvalue weighted by atomic mass is 9.71. The van der Waals surface area contributed by atoms with Crippen molar-refractivity contribution in [3.8, 4) is 0 Å². The first-order chi connectivity index (χ1) is 6.93. The second-order valence-electron chi connectivity index (χ2n) is 4.19. The number of thiazole rings is 1. The molecule has 74 valence electrons. The second-order valence-corrected chi connectivity index (χ2v) is 5.16. The fourth-order valence-corrected chi connectivity index (χ4v) is 3.05. The lowest BCUT2D eigenvalue weighted by Gasteiger charge is -2.40. The molecule has 1 N–H and O–H groups in total. The maximum absolute atomic E-state index is 4.07. The number of rotatable bonds is 3. The number of nitrogens with zero attached hydrogens (tertiary/aromatic N) is 1. The van der Waals surface area contributed by atoms with E-state index in [0.29, 0.717) is 0 Å². The molecule has 0 radical (unpaired) electrons. The lowest BCUT2D eigenvalue weighted by molar-refractivity contribution is 0.162. The molecule has 0 aromatic carbocycles. The van der Waals surface area contributed by atoms with Gasteiger partial charge in [0, 0.05) is 23.7 Å². The number of nitrogens with one attached hydrogen (secondary N) is 1. The molecule has 3 rings (SSSR count). The molecule has 0 aliphatic heterocycles. The van der Waals surface area contributed by atoms with Crippen LogP contribution in [-0.4, -0.2) is 11.0 Å². The third-order valence-electron chi connectivity index (χ3n) is 3.38. The summed E-state index contributed by atoms with van der Waals surface area (Å²) in [5, 5.41) is 3.61. The van der Waals surface area contributed by atoms with E-state index in [4.69, 9.17) is 0 Å². The van der Waals surface area contributed by atoms with E-state index < -0.39 is 0 Å². The molecule has 0 spiro atoms. The average molecular weight is 206 g/mol. The Labute approximate surface area is 88.1 Å². The van der Waals surface area contributed by atoms with E-state index in [1.165, 1.54) is 17.7 Å². The van der Waals surface area contributed by atoms with E-state index in [1.54, 1.807) is 11.3 Å². The Hall–Kier alpha value is -0.670. The summed E-state index contributed by atoms with van der Waals surface area (Å²) in [6.07, 6.45) is 9.35. The summed E-state index contributed by atoms with van der Waals surface area (Å²) >= 11 is 1.73. The summed E-state index contributed by atoms with van der Waals surface area (Å²) in [5.74, 6) is 1.77. The van der Waals surface area contributed by atoms with Gasteiger partial charge in [-0.3, -0.25) is 4.98 Å². The number of hydrogen-bond acceptors (Lipinski definition) is 3. The van der Waals surface area contributed by atoms with Crippen molar-refractivity contribution in [2.24, 2.45) is 11.8 Å². The van der Waals surface area contributed by atoms with E-state index in [1.807, 2.05) is 11.7 Å². The topological polar surface area (TPSA) is 24.9 Å². The van der Waals surface area contributed by atoms with Gasteiger partial charge in [-0.1, -0.05) is 12.2 Å². The van der Waals surface area contributed by atoms with Crippen LogP contribution in [0.15, 0.2) is 23.9 Å². The minimum Gasteiger partial charge on any atom is -0.308 e. The standard InChI is InChI=1S/C11H14N2S/c1-2-8-4-11(10(8)3-1)13-6-9-5-12-7-14-9/h1,3,5,7-8,10-11,13H,2,4,6H2. The number of aromatic nitrogens is 1. The summed E-state index contributed by atoms with van der Waals surface area (Å²) in [5.41, 5.74) is 1.90. The quantitative estimate of drug-likeness (QED) is 0.767. The SMILES string of the molecule is C1=CC2C(C1)CC2NCc1cncs1. The molecule has 14 heavy (non-hydrogen) atoms. The molecule has 1 fully saturated rings. The van der Waals surface area contributed by atoms with Gasteiger partial charge in [0.2, 0.25) is 0 Å². The Morgan fingerprint density at radius 1 is 1.57 bits per heavy atom. The summed E-state index contributed by atoms with van der Waals surface area (Å²) in [4.78, 5) is 5.42. The van der Waals surface area contributed by atoms with E-state index in [0.717, 1.165) is 24.4 Å². The van der Waals surface area contributed by atoms with Crippen LogP contribution in [0.1, 0.15) is 17.7 Å². The van der Waals surface area contributed by atoms with Crippen molar-refractivity contribution < 1.29 is 0 Å². The van der Waals surface area contributed by atoms with E-state index in [-0.39, 0.29) is 0 Å². The van der Waals surface area contributed by atoms with Crippen molar-refractivity contribution >= 4 is 11.3 Å². The molecule has 3 atom stereocenters. The van der Waals surface area contributed by atoms with Crippen molar-refractivity contribution in [1.29, 1.82) is 0 Å². The summed E-state index contributed by atoms with van der Waals surface area (Å²) < 4.78 is 0. The molecule has 2 aliphatic carbocycles. The van der Waals surface area contributed by atoms with Gasteiger partial charge in [-0.05, 0) is 24.7 Å². The third-order valence-corrected chi connectivity index (χ3v) is 4.16. The van der Waals surface area contributed by atoms with Crippen LogP contribution in [0.25, 0.3) is 0 Å². The van der Waals surface area contributed by atoms with Gasteiger partial charge in [0.05, 0.1) is 5.51 Å². The number of fused-ring (bicyclic) bond motifs is 1. The molecule has 0 bridgehead atoms. The molecule has 3 unspecified atom stereocenters. The van der Waals surface area contributed by atoms with Crippen molar-refractivity contribution in [2.45, 2.75) is 25.4 Å². The average Bonchev–Trinajstić information content (AvgIpc) is 2.76. The summed E-state index contributed by atoms with van der Waals surface area (Å²) in [6, 6.07) is 0.723. The van der Waals surface area contributed by atoms with Gasteiger partial charge >= 0.3 is 0 Å². The highest BCUT2D eigenvalue weighted by Crippen LogP contribution is 2.42. The maximum Gasteiger partial charge on any atom is 0.0794 e. The zero-order valence-electron chi connectivity index (χ0n) is 8.02. The molecule has 0 saturated heterocycles. The molecule has 3 heteroatoms. The summed E-state index contributed by atoms with van der Waals surface area (Å²) in [6.45, 7) is 0.992. The molecular weight excluding hydrogens is 192 g/mol. The minimum atomic E-state index is 0.723. The molecular formula is C11H14N2S. The molecule has 2 aliphatic rings. The van der Waals surface area contributed by atoms with E-state index in [2.05, 4.69) is 22.5 Å². The van der Waals surface area contributed by atoms with Crippen LogP contribution < -0.4 is 5.32 Å². The first-order valence-electron chi connectivity index (χ1n) is 5.21. The van der Waals surface area contributed by atoms with Crippen LogP contribution in [0.3, 0.4) is 0 Å². The van der Waals surface area contributed by atoms with Gasteiger partial charge < -0.3 is 5.32 Å². The monoisotopic (exact) mass is 206 g/mol. The Balaban J connectivity index is 1.52. The number of allylic oxidation sites excluding steroid dienone is 1. The Bertz CT molecular complexity index is 331. The van der Waals surface area contributed by atoms with Crippen molar-refractivity contribution in [3.63, 3.8) is 0 Å². The molecule has 1 aromatic heterocycles. The van der Waals surface area contributed by atoms with Crippen LogP contribution in [0.5, 0.6) is 0 Å². The van der Waals surface area contributed by atoms with Crippen molar-refractivity contribution in [2.75, 3.05) is 0 Å². The van der Waals surface area contributed by atoms with Crippen LogP contribution in [0.2, 0.25) is 0 Å². The smallest absolute Gasteiger partial charge is 0.0794 e. The van der Waals surface area contributed by atoms with Crippen LogP contribution in [0, 0.1) is 11.8 Å². The zero-order chi connectivity index (χ0) is 9.38. The Morgan fingerprint density at radius 3 is 3.36 bits per heavy atom. The van der Waals surface area contributed by atoms with Crippen LogP contribution >= 0.6 is 11.3 Å². The van der Waals surface area contributed by atoms with Gasteiger partial charge in [0.15, 0.2) is 0 Å². The van der Waals surface area contributed by atoms with Crippen LogP contribution in [0.4, 0.5) is 0 Å². The zero-order valence-corrected chi connectivity index (χ0v) is 8.83. The fourth-order valence-electron chi connectivity index (χ4n) is 2.51. The lowest BCUT2D eigenvalue weighted by Crippen LogP contribution is -2.47. The number of hydrogen-bond donors (Lipinski definition) is 1. The molecule has 2 nitrogen and oxygen atoms in total. The molecule has 1 saturated carbocycles. The summed E-state index contributed by atoms with van der Waals surface area (Å²) in [7, 11) is 0. The van der Waals surface area contributed by atoms with Gasteiger partial charge in [-0.15, -0.1) is 11.3 Å². The van der Waals surface area contributed by atoms with Gasteiger partial charge in [0.1, 0.15) is 0 Å². The van der Waals surface area contributed by atoms with Gasteiger partial charge in [-0.2, -0.15) is 0 Å². The highest BCUT2D eigenvalue weighted by molar-refractivity contribution is 7.09. The third kappa shape index (κ3) is 1.41. The van der Waals surface area contributed by atoms with Gasteiger partial charge in [0.25, 0.3) is 0 Å². The predicted molar refractivity (Wildman–Crippen MR) is 58.1 cm³/mol. The first kappa shape index (κ1) is 8.62. The normalized spacial score (nSPS) is 34.1. The minimum absolute atomic E-state index is 0.723. The van der Waals surface area contributed by atoms with Crippen LogP contribution in [-0.2, 0) is 6.54 Å². The van der Waals surface area contributed by atoms with E-state index >= 15 is 0 Å². The predicted octanol–water partition coefficient (Wildman–Crippen LogP) is 2.20. The molecule has 0 amide bonds. The maximum atomic E-state index is 4.07. The highest BCUT2D eigenvalue weighted by atomic mass is 32.1. The van der Waals surface area contributed by atoms with Crippen molar-refractivity contribution in [3.05, 3.63) is 28.7 Å². The molecule has 1 aromatic rings. The fraction of sp³-hybridized carbons (Fsp3) is 0.545. The second kappa shape index (κ2) is 3.48. The van der Waals surface area contributed by atoms with Crippen molar-refractivity contribution in [1.82, 2.24) is 10.3 Å². The first-order valence-corrected chi connectivity index (χ1v) is 6.09. The highest BCUT2D eigenvalue weighted by Gasteiger charge is 2.40. The molecule has 1 heterocycles. The van der Waals surface area contributed by atoms with E-state index in [9.17, 15) is 0 Å².